The van der Waals surface area contributed by atoms with Gasteiger partial charge in [0.2, 0.25) is 0 Å². The van der Waals surface area contributed by atoms with Gasteiger partial charge in [0.25, 0.3) is 0 Å². The second kappa shape index (κ2) is 7.59. The first-order chi connectivity index (χ1) is 10.1. The van der Waals surface area contributed by atoms with E-state index in [2.05, 4.69) is 24.1 Å². The van der Waals surface area contributed by atoms with Crippen molar-refractivity contribution in [1.29, 1.82) is 0 Å². The second-order valence-corrected chi connectivity index (χ2v) is 6.67. The van der Waals surface area contributed by atoms with E-state index in [1.54, 1.807) is 0 Å². The van der Waals surface area contributed by atoms with E-state index in [1.165, 1.54) is 32.4 Å². The standard InChI is InChI=1S/C17H32N2O2/c1-4-7-14-9-11-19(13-14)15-8-10-17(12-15,18-5-2)16(20)21-6-3/h14-15,18H,4-13H2,1-3H3. The van der Waals surface area contributed by atoms with E-state index in [1.807, 2.05) is 6.92 Å². The zero-order valence-corrected chi connectivity index (χ0v) is 14.0. The highest BCUT2D eigenvalue weighted by Gasteiger charge is 2.48. The lowest BCUT2D eigenvalue weighted by atomic mass is 9.97. The number of ether oxygens (including phenoxy) is 1. The summed E-state index contributed by atoms with van der Waals surface area (Å²) in [5.74, 6) is 0.824. The number of nitrogens with zero attached hydrogens (tertiary/aromatic N) is 1. The fourth-order valence-electron chi connectivity index (χ4n) is 4.19. The van der Waals surface area contributed by atoms with Crippen LogP contribution in [-0.4, -0.2) is 48.7 Å². The lowest BCUT2D eigenvalue weighted by molar-refractivity contribution is -0.151. The van der Waals surface area contributed by atoms with Gasteiger partial charge in [-0.1, -0.05) is 20.3 Å². The lowest BCUT2D eigenvalue weighted by Crippen LogP contribution is -2.52. The molecule has 1 saturated carbocycles. The molecule has 0 aromatic heterocycles. The number of likely N-dealkylation sites (N-methyl/N-ethyl adjacent to an activating group) is 1. The highest BCUT2D eigenvalue weighted by molar-refractivity contribution is 5.81. The van der Waals surface area contributed by atoms with Gasteiger partial charge in [0.1, 0.15) is 5.54 Å². The summed E-state index contributed by atoms with van der Waals surface area (Å²) in [6.07, 6.45) is 6.91. The van der Waals surface area contributed by atoms with Gasteiger partial charge in [0.05, 0.1) is 6.61 Å². The Hall–Kier alpha value is -0.610. The molecule has 0 aromatic carbocycles. The van der Waals surface area contributed by atoms with Gasteiger partial charge in [0.15, 0.2) is 0 Å². The van der Waals surface area contributed by atoms with E-state index in [-0.39, 0.29) is 5.97 Å². The molecule has 0 radical (unpaired) electrons. The number of hydrogen-bond donors (Lipinski definition) is 1. The second-order valence-electron chi connectivity index (χ2n) is 6.67. The fraction of sp³-hybridized carbons (Fsp3) is 0.941. The maximum atomic E-state index is 12.4. The van der Waals surface area contributed by atoms with E-state index in [9.17, 15) is 4.79 Å². The van der Waals surface area contributed by atoms with Crippen LogP contribution in [0.25, 0.3) is 0 Å². The SMILES string of the molecule is CCCC1CCN(C2CCC(NCC)(C(=O)OCC)C2)C1. The highest BCUT2D eigenvalue weighted by atomic mass is 16.5. The number of carbonyl (C=O) groups is 1. The Morgan fingerprint density at radius 3 is 2.81 bits per heavy atom. The number of esters is 1. The van der Waals surface area contributed by atoms with E-state index in [0.717, 1.165) is 31.7 Å². The molecule has 0 aromatic rings. The number of carbonyl (C=O) groups excluding carboxylic acids is 1. The molecule has 1 aliphatic heterocycles. The summed E-state index contributed by atoms with van der Waals surface area (Å²) in [5.41, 5.74) is -0.432. The van der Waals surface area contributed by atoms with Gasteiger partial charge in [-0.3, -0.25) is 4.79 Å². The predicted octanol–water partition coefficient (Wildman–Crippen LogP) is 2.57. The Morgan fingerprint density at radius 2 is 2.14 bits per heavy atom. The first-order valence-electron chi connectivity index (χ1n) is 8.81. The maximum absolute atomic E-state index is 12.4. The molecule has 21 heavy (non-hydrogen) atoms. The normalized spacial score (nSPS) is 33.5. The van der Waals surface area contributed by atoms with Crippen molar-refractivity contribution in [3.8, 4) is 0 Å². The minimum atomic E-state index is -0.432. The number of hydrogen-bond acceptors (Lipinski definition) is 4. The largest absolute Gasteiger partial charge is 0.465 e. The van der Waals surface area contributed by atoms with Crippen molar-refractivity contribution in [3.63, 3.8) is 0 Å². The van der Waals surface area contributed by atoms with Gasteiger partial charge in [-0.25, -0.2) is 0 Å². The molecule has 3 unspecified atom stereocenters. The number of nitrogens with one attached hydrogen (secondary N) is 1. The number of rotatable bonds is 7. The van der Waals surface area contributed by atoms with E-state index in [4.69, 9.17) is 4.74 Å². The summed E-state index contributed by atoms with van der Waals surface area (Å²) in [7, 11) is 0. The van der Waals surface area contributed by atoms with E-state index >= 15 is 0 Å². The van der Waals surface area contributed by atoms with Crippen LogP contribution in [0.1, 0.15) is 59.3 Å². The average molecular weight is 296 g/mol. The van der Waals surface area contributed by atoms with Crippen molar-refractivity contribution >= 4 is 5.97 Å². The molecular weight excluding hydrogens is 264 g/mol. The Bertz CT molecular complexity index is 348. The Balaban J connectivity index is 1.95. The van der Waals surface area contributed by atoms with Crippen LogP contribution >= 0.6 is 0 Å². The van der Waals surface area contributed by atoms with Crippen molar-refractivity contribution in [2.75, 3.05) is 26.2 Å². The topological polar surface area (TPSA) is 41.6 Å². The van der Waals surface area contributed by atoms with Crippen LogP contribution < -0.4 is 5.32 Å². The quantitative estimate of drug-likeness (QED) is 0.733. The molecule has 4 nitrogen and oxygen atoms in total. The van der Waals surface area contributed by atoms with Gasteiger partial charge in [-0.2, -0.15) is 0 Å². The molecule has 3 atom stereocenters. The smallest absolute Gasteiger partial charge is 0.326 e. The summed E-state index contributed by atoms with van der Waals surface area (Å²) in [6.45, 7) is 9.96. The molecule has 0 spiro atoms. The summed E-state index contributed by atoms with van der Waals surface area (Å²) < 4.78 is 5.33. The van der Waals surface area contributed by atoms with Crippen LogP contribution in [-0.2, 0) is 9.53 Å². The van der Waals surface area contributed by atoms with Gasteiger partial charge < -0.3 is 15.0 Å². The Morgan fingerprint density at radius 1 is 1.33 bits per heavy atom. The minimum absolute atomic E-state index is 0.0429. The Labute approximate surface area is 129 Å². The monoisotopic (exact) mass is 296 g/mol. The molecule has 1 aliphatic carbocycles. The van der Waals surface area contributed by atoms with Crippen molar-refractivity contribution in [2.45, 2.75) is 70.9 Å². The van der Waals surface area contributed by atoms with Crippen molar-refractivity contribution in [1.82, 2.24) is 10.2 Å². The molecule has 0 amide bonds. The lowest BCUT2D eigenvalue weighted by Gasteiger charge is -2.30. The van der Waals surface area contributed by atoms with Crippen molar-refractivity contribution < 1.29 is 9.53 Å². The average Bonchev–Trinajstić information content (AvgIpc) is 3.08. The third kappa shape index (κ3) is 3.78. The summed E-state index contributed by atoms with van der Waals surface area (Å²) in [5, 5.41) is 3.43. The van der Waals surface area contributed by atoms with Gasteiger partial charge >= 0.3 is 5.97 Å². The zero-order chi connectivity index (χ0) is 15.3. The molecule has 0 bridgehead atoms. The summed E-state index contributed by atoms with van der Waals surface area (Å²) in [6, 6.07) is 0.551. The maximum Gasteiger partial charge on any atom is 0.326 e. The van der Waals surface area contributed by atoms with Gasteiger partial charge in [0, 0.05) is 12.6 Å². The number of likely N-dealkylation sites (tertiary alicyclic amines) is 1. The Kier molecular flexibility index (Phi) is 6.06. The van der Waals surface area contributed by atoms with Crippen LogP contribution in [0.15, 0.2) is 0 Å². The van der Waals surface area contributed by atoms with E-state index in [0.29, 0.717) is 12.6 Å². The third-order valence-corrected chi connectivity index (χ3v) is 5.20. The molecule has 2 fully saturated rings. The van der Waals surface area contributed by atoms with Crippen LogP contribution in [0, 0.1) is 5.92 Å². The van der Waals surface area contributed by atoms with E-state index < -0.39 is 5.54 Å². The first-order valence-corrected chi connectivity index (χ1v) is 8.81. The van der Waals surface area contributed by atoms with Crippen LogP contribution in [0.3, 0.4) is 0 Å². The molecule has 2 aliphatic rings. The summed E-state index contributed by atoms with van der Waals surface area (Å²) >= 11 is 0. The predicted molar refractivity (Wildman–Crippen MR) is 85.3 cm³/mol. The third-order valence-electron chi connectivity index (χ3n) is 5.20. The molecular formula is C17H32N2O2. The molecule has 1 N–H and O–H groups in total. The molecule has 2 rings (SSSR count). The van der Waals surface area contributed by atoms with Crippen molar-refractivity contribution in [2.24, 2.45) is 5.92 Å². The molecule has 1 saturated heterocycles. The van der Waals surface area contributed by atoms with Crippen LogP contribution in [0.5, 0.6) is 0 Å². The fourth-order valence-corrected chi connectivity index (χ4v) is 4.19. The molecule has 4 heteroatoms. The van der Waals surface area contributed by atoms with Gasteiger partial charge in [-0.15, -0.1) is 0 Å². The minimum Gasteiger partial charge on any atom is -0.465 e. The van der Waals surface area contributed by atoms with Crippen LogP contribution in [0.4, 0.5) is 0 Å². The van der Waals surface area contributed by atoms with Crippen LogP contribution in [0.2, 0.25) is 0 Å². The highest BCUT2D eigenvalue weighted by Crippen LogP contribution is 2.37. The van der Waals surface area contributed by atoms with Gasteiger partial charge in [-0.05, 0) is 58.0 Å². The molecule has 122 valence electrons. The first kappa shape index (κ1) is 16.8. The summed E-state index contributed by atoms with van der Waals surface area (Å²) in [4.78, 5) is 15.0. The van der Waals surface area contributed by atoms with Crippen molar-refractivity contribution in [3.05, 3.63) is 0 Å². The zero-order valence-electron chi connectivity index (χ0n) is 14.0. The molecule has 1 heterocycles.